The normalized spacial score (nSPS) is 17.7. The zero-order valence-corrected chi connectivity index (χ0v) is 6.27. The molecule has 0 aromatic carbocycles. The number of aliphatic hydroxyl groups excluding tert-OH is 1. The van der Waals surface area contributed by atoms with Crippen molar-refractivity contribution >= 4 is 5.96 Å². The third kappa shape index (κ3) is 2.36. The van der Waals surface area contributed by atoms with Crippen LogP contribution in [-0.2, 0) is 0 Å². The van der Waals surface area contributed by atoms with Crippen LogP contribution >= 0.6 is 0 Å². The monoisotopic (exact) mass is 159 g/mol. The van der Waals surface area contributed by atoms with Gasteiger partial charge >= 0.3 is 0 Å². The molecule has 4 N–H and O–H groups in total. The first-order chi connectivity index (χ1) is 5.20. The first-order valence-corrected chi connectivity index (χ1v) is 3.61. The number of aliphatic hydroxyl groups is 2. The highest BCUT2D eigenvalue weighted by Gasteiger charge is 2.13. The summed E-state index contributed by atoms with van der Waals surface area (Å²) in [5.74, 6) is 0.505. The quantitative estimate of drug-likeness (QED) is 0.429. The van der Waals surface area contributed by atoms with Crippen LogP contribution in [0.5, 0.6) is 0 Å². The van der Waals surface area contributed by atoms with Crippen molar-refractivity contribution in [2.24, 2.45) is 10.7 Å². The number of hydrogen-bond donors (Lipinski definition) is 3. The zero-order valence-electron chi connectivity index (χ0n) is 6.27. The van der Waals surface area contributed by atoms with Gasteiger partial charge in [-0.05, 0) is 0 Å². The van der Waals surface area contributed by atoms with Crippen molar-refractivity contribution in [3.63, 3.8) is 0 Å². The number of guanidine groups is 1. The van der Waals surface area contributed by atoms with Gasteiger partial charge in [-0.1, -0.05) is 0 Å². The lowest BCUT2D eigenvalue weighted by atomic mass is 10.4. The van der Waals surface area contributed by atoms with E-state index in [1.165, 1.54) is 0 Å². The molecule has 0 aromatic rings. The van der Waals surface area contributed by atoms with Crippen molar-refractivity contribution in [1.29, 1.82) is 0 Å². The molecule has 0 saturated carbocycles. The van der Waals surface area contributed by atoms with Gasteiger partial charge in [0.2, 0.25) is 0 Å². The Kier molecular flexibility index (Phi) is 2.67. The molecule has 64 valence electrons. The molecule has 0 amide bonds. The highest BCUT2D eigenvalue weighted by Crippen LogP contribution is 1.99. The van der Waals surface area contributed by atoms with E-state index in [1.54, 1.807) is 0 Å². The summed E-state index contributed by atoms with van der Waals surface area (Å²) in [6.07, 6.45) is -0.931. The molecule has 0 atom stereocenters. The number of nitrogens with two attached hydrogens (primary N) is 1. The van der Waals surface area contributed by atoms with E-state index in [0.717, 1.165) is 6.54 Å². The Bertz CT molecular complexity index is 158. The second-order valence-electron chi connectivity index (χ2n) is 2.50. The highest BCUT2D eigenvalue weighted by molar-refractivity contribution is 5.79. The van der Waals surface area contributed by atoms with Crippen molar-refractivity contribution in [2.45, 2.75) is 12.7 Å². The molecular weight excluding hydrogens is 146 g/mol. The Labute approximate surface area is 65.1 Å². The number of hydrogen-bond acceptors (Lipinski definition) is 5. The molecular formula is C6H13N3O2. The lowest BCUT2D eigenvalue weighted by Crippen LogP contribution is -2.35. The van der Waals surface area contributed by atoms with Gasteiger partial charge in [0.25, 0.3) is 0 Å². The maximum Gasteiger partial charge on any atom is 0.191 e. The van der Waals surface area contributed by atoms with Crippen LogP contribution < -0.4 is 5.73 Å². The molecule has 0 aromatic heterocycles. The van der Waals surface area contributed by atoms with E-state index >= 15 is 0 Å². The second-order valence-corrected chi connectivity index (χ2v) is 2.50. The molecule has 0 unspecified atom stereocenters. The molecule has 0 saturated heterocycles. The van der Waals surface area contributed by atoms with Crippen molar-refractivity contribution in [2.75, 3.05) is 19.6 Å². The minimum absolute atomic E-state index is 0.316. The molecule has 1 heterocycles. The summed E-state index contributed by atoms with van der Waals surface area (Å²) in [7, 11) is 0. The maximum absolute atomic E-state index is 8.55. The van der Waals surface area contributed by atoms with E-state index in [-0.39, 0.29) is 0 Å². The molecule has 0 spiro atoms. The molecule has 0 aliphatic carbocycles. The summed E-state index contributed by atoms with van der Waals surface area (Å²) in [6, 6.07) is 0. The second kappa shape index (κ2) is 3.54. The van der Waals surface area contributed by atoms with Gasteiger partial charge in [-0.15, -0.1) is 0 Å². The molecule has 5 heteroatoms. The smallest absolute Gasteiger partial charge is 0.191 e. The first-order valence-electron chi connectivity index (χ1n) is 3.61. The maximum atomic E-state index is 8.55. The molecule has 1 aliphatic heterocycles. The Morgan fingerprint density at radius 2 is 2.36 bits per heavy atom. The highest BCUT2D eigenvalue weighted by atomic mass is 16.5. The number of nitrogens with zero attached hydrogens (tertiary/aromatic N) is 2. The Morgan fingerprint density at radius 1 is 1.64 bits per heavy atom. The van der Waals surface area contributed by atoms with Crippen LogP contribution in [0.15, 0.2) is 4.99 Å². The molecule has 0 radical (unpaired) electrons. The Hall–Kier alpha value is -0.810. The van der Waals surface area contributed by atoms with E-state index in [2.05, 4.69) is 4.99 Å². The van der Waals surface area contributed by atoms with E-state index < -0.39 is 6.29 Å². The fourth-order valence-corrected chi connectivity index (χ4v) is 0.997. The summed E-state index contributed by atoms with van der Waals surface area (Å²) < 4.78 is 0. The van der Waals surface area contributed by atoms with E-state index in [1.807, 2.05) is 4.90 Å². The van der Waals surface area contributed by atoms with Crippen molar-refractivity contribution in [3.8, 4) is 0 Å². The SMILES string of the molecule is NC1=NCCN1CCC(O)O. The molecule has 0 bridgehead atoms. The minimum atomic E-state index is -1.25. The van der Waals surface area contributed by atoms with Crippen LogP contribution in [0.2, 0.25) is 0 Å². The van der Waals surface area contributed by atoms with E-state index in [9.17, 15) is 0 Å². The van der Waals surface area contributed by atoms with Crippen molar-refractivity contribution in [3.05, 3.63) is 0 Å². The third-order valence-electron chi connectivity index (χ3n) is 1.62. The van der Waals surface area contributed by atoms with E-state index in [4.69, 9.17) is 15.9 Å². The molecule has 1 aliphatic rings. The lowest BCUT2D eigenvalue weighted by molar-refractivity contribution is -0.0474. The summed E-state index contributed by atoms with van der Waals surface area (Å²) in [6.45, 7) is 2.07. The first kappa shape index (κ1) is 8.29. The zero-order chi connectivity index (χ0) is 8.27. The fourth-order valence-electron chi connectivity index (χ4n) is 0.997. The molecule has 0 fully saturated rings. The predicted molar refractivity (Wildman–Crippen MR) is 40.9 cm³/mol. The van der Waals surface area contributed by atoms with E-state index in [0.29, 0.717) is 25.5 Å². The third-order valence-corrected chi connectivity index (χ3v) is 1.62. The predicted octanol–water partition coefficient (Wildman–Crippen LogP) is -1.68. The number of rotatable bonds is 3. The van der Waals surface area contributed by atoms with Crippen LogP contribution in [0.3, 0.4) is 0 Å². The summed E-state index contributed by atoms with van der Waals surface area (Å²) in [4.78, 5) is 5.79. The average Bonchev–Trinajstić information content (AvgIpc) is 2.31. The number of aliphatic imine (C=N–C) groups is 1. The fraction of sp³-hybridized carbons (Fsp3) is 0.833. The van der Waals surface area contributed by atoms with Gasteiger partial charge in [-0.3, -0.25) is 4.99 Å². The summed E-state index contributed by atoms with van der Waals surface area (Å²) in [5, 5.41) is 17.1. The topological polar surface area (TPSA) is 82.1 Å². The summed E-state index contributed by atoms with van der Waals surface area (Å²) in [5.41, 5.74) is 5.48. The Morgan fingerprint density at radius 3 is 2.82 bits per heavy atom. The van der Waals surface area contributed by atoms with Crippen molar-refractivity contribution in [1.82, 2.24) is 4.90 Å². The molecule has 11 heavy (non-hydrogen) atoms. The molecule has 5 nitrogen and oxygen atoms in total. The van der Waals surface area contributed by atoms with Gasteiger partial charge in [0.1, 0.15) is 0 Å². The van der Waals surface area contributed by atoms with Gasteiger partial charge in [-0.25, -0.2) is 0 Å². The van der Waals surface area contributed by atoms with Crippen LogP contribution in [0.4, 0.5) is 0 Å². The van der Waals surface area contributed by atoms with Gasteiger partial charge in [-0.2, -0.15) is 0 Å². The van der Waals surface area contributed by atoms with Crippen LogP contribution in [0.1, 0.15) is 6.42 Å². The van der Waals surface area contributed by atoms with Crippen molar-refractivity contribution < 1.29 is 10.2 Å². The van der Waals surface area contributed by atoms with Gasteiger partial charge in [0, 0.05) is 19.5 Å². The van der Waals surface area contributed by atoms with Crippen LogP contribution in [-0.4, -0.2) is 47.0 Å². The van der Waals surface area contributed by atoms with Gasteiger partial charge in [0.15, 0.2) is 12.2 Å². The van der Waals surface area contributed by atoms with Gasteiger partial charge < -0.3 is 20.8 Å². The minimum Gasteiger partial charge on any atom is -0.370 e. The standard InChI is InChI=1S/C6H13N3O2/c7-6-8-2-4-9(6)3-1-5(10)11/h5,10-11H,1-4H2,(H2,7,8). The summed E-state index contributed by atoms with van der Waals surface area (Å²) >= 11 is 0. The largest absolute Gasteiger partial charge is 0.370 e. The van der Waals surface area contributed by atoms with Crippen LogP contribution in [0, 0.1) is 0 Å². The van der Waals surface area contributed by atoms with Crippen LogP contribution in [0.25, 0.3) is 0 Å². The Balaban J connectivity index is 2.22. The van der Waals surface area contributed by atoms with Gasteiger partial charge in [0.05, 0.1) is 6.54 Å². The average molecular weight is 159 g/mol. The molecule has 1 rings (SSSR count). The lowest BCUT2D eigenvalue weighted by Gasteiger charge is -2.17.